The van der Waals surface area contributed by atoms with Crippen molar-refractivity contribution in [3.63, 3.8) is 0 Å². The Bertz CT molecular complexity index is 421. The van der Waals surface area contributed by atoms with Gasteiger partial charge in [0.15, 0.2) is 0 Å². The molecule has 1 N–H and O–H groups in total. The third-order valence-corrected chi connectivity index (χ3v) is 4.73. The number of methoxy groups -OCH3 is 1. The molecule has 1 saturated carbocycles. The van der Waals surface area contributed by atoms with E-state index in [-0.39, 0.29) is 0 Å². The third kappa shape index (κ3) is 3.43. The van der Waals surface area contributed by atoms with Crippen LogP contribution in [0, 0.1) is 11.8 Å². The summed E-state index contributed by atoms with van der Waals surface area (Å²) in [6.45, 7) is 2.37. The summed E-state index contributed by atoms with van der Waals surface area (Å²) < 4.78 is 5.45. The molecule has 3 unspecified atom stereocenters. The van der Waals surface area contributed by atoms with Crippen LogP contribution in [0.25, 0.3) is 0 Å². The summed E-state index contributed by atoms with van der Waals surface area (Å²) in [5, 5.41) is 4.28. The quantitative estimate of drug-likeness (QED) is 0.883. The Balaban J connectivity index is 2.15. The molecular weight excluding hydrogens is 258 g/mol. The standard InChI is InChI=1S/C16H24ClNO/c1-11-5-4-6-14(11)15(18-2)10-12-9-13(17)7-8-16(12)19-3/h7-9,11,14-15,18H,4-6,10H2,1-3H3. The normalized spacial score (nSPS) is 24.4. The molecule has 3 atom stereocenters. The van der Waals surface area contributed by atoms with Crippen LogP contribution >= 0.6 is 11.6 Å². The predicted octanol–water partition coefficient (Wildman–Crippen LogP) is 3.92. The zero-order valence-corrected chi connectivity index (χ0v) is 12.8. The minimum absolute atomic E-state index is 0.505. The van der Waals surface area contributed by atoms with Crippen molar-refractivity contribution in [3.8, 4) is 5.75 Å². The van der Waals surface area contributed by atoms with E-state index in [2.05, 4.69) is 19.3 Å². The van der Waals surface area contributed by atoms with Gasteiger partial charge in [0, 0.05) is 11.1 Å². The van der Waals surface area contributed by atoms with Crippen LogP contribution in [0.2, 0.25) is 5.02 Å². The fourth-order valence-electron chi connectivity index (χ4n) is 3.38. The molecule has 0 spiro atoms. The first-order chi connectivity index (χ1) is 9.15. The Morgan fingerprint density at radius 1 is 1.42 bits per heavy atom. The highest BCUT2D eigenvalue weighted by atomic mass is 35.5. The maximum absolute atomic E-state index is 6.11. The monoisotopic (exact) mass is 281 g/mol. The second-order valence-electron chi connectivity index (χ2n) is 5.63. The Kier molecular flexibility index (Phi) is 5.12. The maximum Gasteiger partial charge on any atom is 0.122 e. The SMILES string of the molecule is CNC(Cc1cc(Cl)ccc1OC)C1CCCC1C. The number of hydrogen-bond acceptors (Lipinski definition) is 2. The lowest BCUT2D eigenvalue weighted by molar-refractivity contribution is 0.305. The van der Waals surface area contributed by atoms with E-state index in [1.165, 1.54) is 24.8 Å². The van der Waals surface area contributed by atoms with Gasteiger partial charge in [-0.2, -0.15) is 0 Å². The van der Waals surface area contributed by atoms with Crippen molar-refractivity contribution in [2.75, 3.05) is 14.2 Å². The van der Waals surface area contributed by atoms with Gasteiger partial charge in [0.1, 0.15) is 5.75 Å². The number of benzene rings is 1. The summed E-state index contributed by atoms with van der Waals surface area (Å²) in [5.74, 6) is 2.51. The molecule has 0 radical (unpaired) electrons. The highest BCUT2D eigenvalue weighted by molar-refractivity contribution is 6.30. The lowest BCUT2D eigenvalue weighted by atomic mass is 9.86. The number of nitrogens with one attached hydrogen (secondary N) is 1. The molecule has 19 heavy (non-hydrogen) atoms. The smallest absolute Gasteiger partial charge is 0.122 e. The maximum atomic E-state index is 6.11. The van der Waals surface area contributed by atoms with E-state index in [1.54, 1.807) is 7.11 Å². The fraction of sp³-hybridized carbons (Fsp3) is 0.625. The number of ether oxygens (including phenoxy) is 1. The van der Waals surface area contributed by atoms with Crippen LogP contribution in [0.3, 0.4) is 0 Å². The van der Waals surface area contributed by atoms with Crippen LogP contribution in [0.4, 0.5) is 0 Å². The van der Waals surface area contributed by atoms with Gasteiger partial charge in [0.2, 0.25) is 0 Å². The van der Waals surface area contributed by atoms with Gasteiger partial charge >= 0.3 is 0 Å². The lowest BCUT2D eigenvalue weighted by Gasteiger charge is -2.27. The van der Waals surface area contributed by atoms with E-state index in [1.807, 2.05) is 18.2 Å². The summed E-state index contributed by atoms with van der Waals surface area (Å²) in [6.07, 6.45) is 5.02. The number of rotatable bonds is 5. The number of halogens is 1. The molecule has 1 aromatic rings. The second kappa shape index (κ2) is 6.62. The van der Waals surface area contributed by atoms with Crippen molar-refractivity contribution in [2.45, 2.75) is 38.6 Å². The molecule has 2 rings (SSSR count). The van der Waals surface area contributed by atoms with Gasteiger partial charge in [0.05, 0.1) is 7.11 Å². The van der Waals surface area contributed by atoms with Crippen molar-refractivity contribution >= 4 is 11.6 Å². The molecule has 2 nitrogen and oxygen atoms in total. The molecule has 0 bridgehead atoms. The molecule has 106 valence electrons. The highest BCUT2D eigenvalue weighted by Gasteiger charge is 2.30. The molecule has 0 amide bonds. The minimum atomic E-state index is 0.505. The molecule has 0 heterocycles. The Hall–Kier alpha value is -0.730. The molecule has 0 aliphatic heterocycles. The summed E-state index contributed by atoms with van der Waals surface area (Å²) in [4.78, 5) is 0. The largest absolute Gasteiger partial charge is 0.496 e. The van der Waals surface area contributed by atoms with Crippen molar-refractivity contribution in [1.82, 2.24) is 5.32 Å². The van der Waals surface area contributed by atoms with Crippen molar-refractivity contribution in [2.24, 2.45) is 11.8 Å². The van der Waals surface area contributed by atoms with Gasteiger partial charge in [-0.1, -0.05) is 31.4 Å². The van der Waals surface area contributed by atoms with Gasteiger partial charge in [-0.25, -0.2) is 0 Å². The first-order valence-corrected chi connectivity index (χ1v) is 7.53. The van der Waals surface area contributed by atoms with Gasteiger partial charge in [0.25, 0.3) is 0 Å². The topological polar surface area (TPSA) is 21.3 Å². The van der Waals surface area contributed by atoms with E-state index in [4.69, 9.17) is 16.3 Å². The molecule has 3 heteroatoms. The first kappa shape index (κ1) is 14.7. The number of hydrogen-bond donors (Lipinski definition) is 1. The van der Waals surface area contributed by atoms with Crippen LogP contribution in [0.5, 0.6) is 5.75 Å². The fourth-order valence-corrected chi connectivity index (χ4v) is 3.58. The highest BCUT2D eigenvalue weighted by Crippen LogP contribution is 2.35. The average molecular weight is 282 g/mol. The Labute approximate surface area is 121 Å². The number of likely N-dealkylation sites (N-methyl/N-ethyl adjacent to an activating group) is 1. The van der Waals surface area contributed by atoms with E-state index in [0.717, 1.165) is 29.0 Å². The lowest BCUT2D eigenvalue weighted by Crippen LogP contribution is -2.36. The van der Waals surface area contributed by atoms with Crippen LogP contribution in [-0.4, -0.2) is 20.2 Å². The summed E-state index contributed by atoms with van der Waals surface area (Å²) >= 11 is 6.11. The molecule has 1 aliphatic rings. The molecule has 0 saturated heterocycles. The first-order valence-electron chi connectivity index (χ1n) is 7.15. The van der Waals surface area contributed by atoms with Crippen LogP contribution in [0.1, 0.15) is 31.7 Å². The van der Waals surface area contributed by atoms with Crippen LogP contribution in [0.15, 0.2) is 18.2 Å². The molecular formula is C16H24ClNO. The average Bonchev–Trinajstić information content (AvgIpc) is 2.82. The van der Waals surface area contributed by atoms with Crippen LogP contribution in [-0.2, 0) is 6.42 Å². The van der Waals surface area contributed by atoms with Gasteiger partial charge in [-0.3, -0.25) is 0 Å². The molecule has 1 aliphatic carbocycles. The Morgan fingerprint density at radius 2 is 2.21 bits per heavy atom. The van der Waals surface area contributed by atoms with Gasteiger partial charge < -0.3 is 10.1 Å². The summed E-state index contributed by atoms with van der Waals surface area (Å²) in [6, 6.07) is 6.38. The molecule has 1 aromatic carbocycles. The molecule has 1 fully saturated rings. The van der Waals surface area contributed by atoms with Crippen molar-refractivity contribution < 1.29 is 4.74 Å². The Morgan fingerprint density at radius 3 is 2.79 bits per heavy atom. The third-order valence-electron chi connectivity index (χ3n) is 4.50. The van der Waals surface area contributed by atoms with Gasteiger partial charge in [-0.05, 0) is 55.5 Å². The minimum Gasteiger partial charge on any atom is -0.496 e. The summed E-state index contributed by atoms with van der Waals surface area (Å²) in [7, 11) is 3.78. The van der Waals surface area contributed by atoms with E-state index < -0.39 is 0 Å². The van der Waals surface area contributed by atoms with E-state index in [0.29, 0.717) is 6.04 Å². The van der Waals surface area contributed by atoms with E-state index >= 15 is 0 Å². The second-order valence-corrected chi connectivity index (χ2v) is 6.06. The van der Waals surface area contributed by atoms with Gasteiger partial charge in [-0.15, -0.1) is 0 Å². The van der Waals surface area contributed by atoms with E-state index in [9.17, 15) is 0 Å². The zero-order valence-electron chi connectivity index (χ0n) is 12.1. The molecule has 0 aromatic heterocycles. The summed E-state index contributed by atoms with van der Waals surface area (Å²) in [5.41, 5.74) is 1.20. The van der Waals surface area contributed by atoms with Crippen LogP contribution < -0.4 is 10.1 Å². The van der Waals surface area contributed by atoms with Crippen molar-refractivity contribution in [3.05, 3.63) is 28.8 Å². The zero-order chi connectivity index (χ0) is 13.8. The van der Waals surface area contributed by atoms with Crippen molar-refractivity contribution in [1.29, 1.82) is 0 Å². The predicted molar refractivity (Wildman–Crippen MR) is 81.1 cm³/mol.